The predicted molar refractivity (Wildman–Crippen MR) is 111 cm³/mol. The molecule has 0 spiro atoms. The van der Waals surface area contributed by atoms with Crippen LogP contribution in [0.2, 0.25) is 0 Å². The molecule has 2 aromatic rings. The second-order valence-electron chi connectivity index (χ2n) is 6.35. The Kier molecular flexibility index (Phi) is 7.87. The molecule has 28 heavy (non-hydrogen) atoms. The minimum Gasteiger partial charge on any atom is -0.484 e. The molecular weight excluding hydrogens is 376 g/mol. The zero-order chi connectivity index (χ0) is 20.6. The van der Waals surface area contributed by atoms with Crippen molar-refractivity contribution in [1.29, 1.82) is 0 Å². The van der Waals surface area contributed by atoms with Crippen molar-refractivity contribution in [1.82, 2.24) is 5.32 Å². The molecule has 0 aliphatic carbocycles. The van der Waals surface area contributed by atoms with E-state index in [2.05, 4.69) is 5.32 Å². The maximum Gasteiger partial charge on any atom is 0.264 e. The summed E-state index contributed by atoms with van der Waals surface area (Å²) < 4.78 is 32.7. The Hall–Kier alpha value is -2.54. The van der Waals surface area contributed by atoms with Crippen LogP contribution in [0.15, 0.2) is 59.5 Å². The lowest BCUT2D eigenvalue weighted by Crippen LogP contribution is -2.37. The molecule has 0 radical (unpaired) electrons. The lowest BCUT2D eigenvalue weighted by Gasteiger charge is -2.23. The normalized spacial score (nSPS) is 11.3. The van der Waals surface area contributed by atoms with E-state index in [4.69, 9.17) is 4.74 Å². The molecule has 0 aromatic heterocycles. The molecule has 0 fully saturated rings. The van der Waals surface area contributed by atoms with Crippen LogP contribution in [0.4, 0.5) is 5.69 Å². The Labute approximate surface area is 167 Å². The van der Waals surface area contributed by atoms with E-state index < -0.39 is 10.0 Å². The van der Waals surface area contributed by atoms with Crippen LogP contribution < -0.4 is 14.4 Å². The van der Waals surface area contributed by atoms with Crippen LogP contribution in [0.3, 0.4) is 0 Å². The Bertz CT molecular complexity index is 848. The van der Waals surface area contributed by atoms with Crippen molar-refractivity contribution in [3.05, 3.63) is 54.6 Å². The number of nitrogens with zero attached hydrogens (tertiary/aromatic N) is 1. The number of anilines is 1. The largest absolute Gasteiger partial charge is 0.484 e. The zero-order valence-corrected chi connectivity index (χ0v) is 17.4. The molecule has 7 heteroatoms. The highest BCUT2D eigenvalue weighted by Gasteiger charge is 2.23. The minimum absolute atomic E-state index is 0.103. The standard InChI is InChI=1S/C21H28N2O4S/c1-4-17(5-2)22-21(24)16-27-19-12-14-20(15-13-19)28(25,26)23(6-3)18-10-8-7-9-11-18/h7-15,17H,4-6,16H2,1-3H3,(H,22,24). The van der Waals surface area contributed by atoms with Gasteiger partial charge in [0.05, 0.1) is 10.6 Å². The first-order chi connectivity index (χ1) is 13.4. The third-order valence-electron chi connectivity index (χ3n) is 4.46. The second-order valence-corrected chi connectivity index (χ2v) is 8.21. The van der Waals surface area contributed by atoms with Gasteiger partial charge < -0.3 is 10.1 Å². The van der Waals surface area contributed by atoms with Crippen LogP contribution in [0.1, 0.15) is 33.6 Å². The Morgan fingerprint density at radius 2 is 1.61 bits per heavy atom. The van der Waals surface area contributed by atoms with Gasteiger partial charge in [-0.2, -0.15) is 0 Å². The fraction of sp³-hybridized carbons (Fsp3) is 0.381. The number of hydrogen-bond donors (Lipinski definition) is 1. The summed E-state index contributed by atoms with van der Waals surface area (Å²) in [5.41, 5.74) is 0.614. The van der Waals surface area contributed by atoms with Crippen LogP contribution in [-0.2, 0) is 14.8 Å². The third-order valence-corrected chi connectivity index (χ3v) is 6.38. The molecule has 1 amide bonds. The van der Waals surface area contributed by atoms with Crippen molar-refractivity contribution in [3.8, 4) is 5.75 Å². The number of ether oxygens (including phenoxy) is 1. The van der Waals surface area contributed by atoms with Gasteiger partial charge in [-0.1, -0.05) is 32.0 Å². The summed E-state index contributed by atoms with van der Waals surface area (Å²) in [4.78, 5) is 12.1. The zero-order valence-electron chi connectivity index (χ0n) is 16.6. The van der Waals surface area contributed by atoms with E-state index in [0.29, 0.717) is 18.0 Å². The fourth-order valence-electron chi connectivity index (χ4n) is 2.83. The highest BCUT2D eigenvalue weighted by atomic mass is 32.2. The van der Waals surface area contributed by atoms with Crippen LogP contribution >= 0.6 is 0 Å². The van der Waals surface area contributed by atoms with E-state index in [9.17, 15) is 13.2 Å². The second kappa shape index (κ2) is 10.1. The van der Waals surface area contributed by atoms with Crippen molar-refractivity contribution >= 4 is 21.6 Å². The van der Waals surface area contributed by atoms with Gasteiger partial charge in [0.1, 0.15) is 5.75 Å². The molecule has 152 valence electrons. The van der Waals surface area contributed by atoms with Crippen molar-refractivity contribution in [2.45, 2.75) is 44.6 Å². The number of carbonyl (C=O) groups excluding carboxylic acids is 1. The van der Waals surface area contributed by atoms with Crippen molar-refractivity contribution in [3.63, 3.8) is 0 Å². The molecule has 2 rings (SSSR count). The molecule has 1 N–H and O–H groups in total. The van der Waals surface area contributed by atoms with E-state index in [1.807, 2.05) is 19.9 Å². The van der Waals surface area contributed by atoms with Gasteiger partial charge in [0.15, 0.2) is 6.61 Å². The number of hydrogen-bond acceptors (Lipinski definition) is 4. The topological polar surface area (TPSA) is 75.7 Å². The summed E-state index contributed by atoms with van der Waals surface area (Å²) in [7, 11) is -3.68. The van der Waals surface area contributed by atoms with E-state index in [-0.39, 0.29) is 23.5 Å². The molecule has 0 aliphatic heterocycles. The number of nitrogens with one attached hydrogen (secondary N) is 1. The monoisotopic (exact) mass is 404 g/mol. The van der Waals surface area contributed by atoms with E-state index in [1.165, 1.54) is 16.4 Å². The Balaban J connectivity index is 2.06. The smallest absolute Gasteiger partial charge is 0.264 e. The molecule has 0 atom stereocenters. The SMILES string of the molecule is CCC(CC)NC(=O)COc1ccc(S(=O)(=O)N(CC)c2ccccc2)cc1. The first-order valence-electron chi connectivity index (χ1n) is 9.52. The van der Waals surface area contributed by atoms with Crippen molar-refractivity contribution < 1.29 is 17.9 Å². The summed E-state index contributed by atoms with van der Waals surface area (Å²) >= 11 is 0. The predicted octanol–water partition coefficient (Wildman–Crippen LogP) is 3.59. The van der Waals surface area contributed by atoms with E-state index in [1.54, 1.807) is 43.3 Å². The van der Waals surface area contributed by atoms with Gasteiger partial charge in [0.25, 0.3) is 15.9 Å². The Morgan fingerprint density at radius 3 is 2.14 bits per heavy atom. The van der Waals surface area contributed by atoms with Gasteiger partial charge in [-0.05, 0) is 56.2 Å². The van der Waals surface area contributed by atoms with Crippen molar-refractivity contribution in [2.75, 3.05) is 17.5 Å². The lowest BCUT2D eigenvalue weighted by molar-refractivity contribution is -0.123. The maximum absolute atomic E-state index is 12.9. The number of carbonyl (C=O) groups is 1. The van der Waals surface area contributed by atoms with E-state index in [0.717, 1.165) is 12.8 Å². The summed E-state index contributed by atoms with van der Waals surface area (Å²) in [6.07, 6.45) is 1.73. The van der Waals surface area contributed by atoms with Gasteiger partial charge in [-0.3, -0.25) is 9.10 Å². The van der Waals surface area contributed by atoms with Crippen LogP contribution in [0.5, 0.6) is 5.75 Å². The number of benzene rings is 2. The summed E-state index contributed by atoms with van der Waals surface area (Å²) in [5.74, 6) is 0.257. The average molecular weight is 405 g/mol. The van der Waals surface area contributed by atoms with Gasteiger partial charge in [0, 0.05) is 12.6 Å². The van der Waals surface area contributed by atoms with Crippen LogP contribution in [0.25, 0.3) is 0 Å². The molecule has 6 nitrogen and oxygen atoms in total. The first-order valence-corrected chi connectivity index (χ1v) is 11.0. The van der Waals surface area contributed by atoms with Crippen molar-refractivity contribution in [2.24, 2.45) is 0 Å². The minimum atomic E-state index is -3.68. The Morgan fingerprint density at radius 1 is 1.00 bits per heavy atom. The number of para-hydroxylation sites is 1. The molecule has 0 saturated carbocycles. The molecule has 2 aromatic carbocycles. The molecule has 0 unspecified atom stereocenters. The van der Waals surface area contributed by atoms with E-state index >= 15 is 0 Å². The summed E-state index contributed by atoms with van der Waals surface area (Å²) in [5, 5.41) is 2.90. The molecule has 0 aliphatic rings. The quantitative estimate of drug-likeness (QED) is 0.657. The van der Waals surface area contributed by atoms with Gasteiger partial charge in [-0.25, -0.2) is 8.42 Å². The van der Waals surface area contributed by atoms with Gasteiger partial charge >= 0.3 is 0 Å². The average Bonchev–Trinajstić information content (AvgIpc) is 2.72. The molecule has 0 bridgehead atoms. The fourth-order valence-corrected chi connectivity index (χ4v) is 4.31. The number of sulfonamides is 1. The molecular formula is C21H28N2O4S. The lowest BCUT2D eigenvalue weighted by atomic mass is 10.2. The van der Waals surface area contributed by atoms with Gasteiger partial charge in [-0.15, -0.1) is 0 Å². The summed E-state index contributed by atoms with van der Waals surface area (Å²) in [6.45, 7) is 6.04. The summed E-state index contributed by atoms with van der Waals surface area (Å²) in [6, 6.07) is 15.2. The van der Waals surface area contributed by atoms with Crippen LogP contribution in [0, 0.1) is 0 Å². The number of amides is 1. The third kappa shape index (κ3) is 5.48. The van der Waals surface area contributed by atoms with Gasteiger partial charge in [0.2, 0.25) is 0 Å². The van der Waals surface area contributed by atoms with Crippen LogP contribution in [-0.4, -0.2) is 33.5 Å². The highest BCUT2D eigenvalue weighted by molar-refractivity contribution is 7.92. The number of rotatable bonds is 10. The highest BCUT2D eigenvalue weighted by Crippen LogP contribution is 2.24. The molecule has 0 heterocycles. The molecule has 0 saturated heterocycles. The first kappa shape index (κ1) is 21.8. The maximum atomic E-state index is 12.9.